The van der Waals surface area contributed by atoms with Crippen molar-refractivity contribution >= 4 is 5.78 Å². The Morgan fingerprint density at radius 2 is 2.10 bits per heavy atom. The van der Waals surface area contributed by atoms with E-state index in [1.54, 1.807) is 6.92 Å². The second-order valence-corrected chi connectivity index (χ2v) is 2.65. The van der Waals surface area contributed by atoms with Gasteiger partial charge in [-0.15, -0.1) is 0 Å². The molecule has 0 aromatic rings. The minimum absolute atomic E-state index is 0.252. The zero-order chi connectivity index (χ0) is 7.40. The van der Waals surface area contributed by atoms with E-state index >= 15 is 0 Å². The molecule has 10 heavy (non-hydrogen) atoms. The molecule has 0 aliphatic carbocycles. The minimum Gasteiger partial charge on any atom is -0.299 e. The molecule has 0 saturated carbocycles. The molecule has 1 aliphatic rings. The Morgan fingerprint density at radius 3 is 2.60 bits per heavy atom. The van der Waals surface area contributed by atoms with Gasteiger partial charge in [0.05, 0.1) is 6.54 Å². The third-order valence-corrected chi connectivity index (χ3v) is 1.59. The smallest absolute Gasteiger partial charge is 0.143 e. The SMILES string of the molecule is CC(=O)CN1CC[N]CC1. The summed E-state index contributed by atoms with van der Waals surface area (Å²) in [6.45, 7) is 5.95. The molecule has 1 radical (unpaired) electrons. The molecule has 3 heteroatoms. The van der Waals surface area contributed by atoms with Gasteiger partial charge in [-0.3, -0.25) is 9.69 Å². The molecule has 0 bridgehead atoms. The van der Waals surface area contributed by atoms with Crippen molar-refractivity contribution in [3.05, 3.63) is 0 Å². The van der Waals surface area contributed by atoms with E-state index in [0.717, 1.165) is 26.2 Å². The molecule has 1 rings (SSSR count). The van der Waals surface area contributed by atoms with E-state index in [2.05, 4.69) is 10.2 Å². The molecule has 0 atom stereocenters. The van der Waals surface area contributed by atoms with E-state index in [1.807, 2.05) is 0 Å². The summed E-state index contributed by atoms with van der Waals surface area (Å²) in [6.07, 6.45) is 0. The van der Waals surface area contributed by atoms with Gasteiger partial charge >= 0.3 is 0 Å². The Morgan fingerprint density at radius 1 is 1.50 bits per heavy atom. The zero-order valence-corrected chi connectivity index (χ0v) is 6.34. The molecule has 0 N–H and O–H groups in total. The number of rotatable bonds is 2. The maximum Gasteiger partial charge on any atom is 0.143 e. The van der Waals surface area contributed by atoms with E-state index in [4.69, 9.17) is 0 Å². The number of ketones is 1. The molecule has 1 saturated heterocycles. The van der Waals surface area contributed by atoms with Crippen molar-refractivity contribution in [3.8, 4) is 0 Å². The quantitative estimate of drug-likeness (QED) is 0.519. The first-order valence-corrected chi connectivity index (χ1v) is 3.64. The molecule has 0 spiro atoms. The summed E-state index contributed by atoms with van der Waals surface area (Å²) in [5, 5.41) is 4.18. The maximum atomic E-state index is 10.6. The second-order valence-electron chi connectivity index (χ2n) is 2.65. The first-order valence-electron chi connectivity index (χ1n) is 3.64. The standard InChI is InChI=1S/C7H13N2O/c1-7(10)6-9-4-2-8-3-5-9/h2-6H2,1H3. The molecular weight excluding hydrogens is 128 g/mol. The van der Waals surface area contributed by atoms with Crippen LogP contribution in [-0.4, -0.2) is 43.4 Å². The predicted octanol–water partition coefficient (Wildman–Crippen LogP) is -0.505. The molecular formula is C7H13N2O. The van der Waals surface area contributed by atoms with Crippen LogP contribution in [0.2, 0.25) is 0 Å². The maximum absolute atomic E-state index is 10.6. The zero-order valence-electron chi connectivity index (χ0n) is 6.34. The molecule has 0 amide bonds. The Hall–Kier alpha value is -0.410. The van der Waals surface area contributed by atoms with Crippen molar-refractivity contribution in [2.45, 2.75) is 6.92 Å². The van der Waals surface area contributed by atoms with Crippen LogP contribution in [0.1, 0.15) is 6.92 Å². The highest BCUT2D eigenvalue weighted by Gasteiger charge is 2.10. The van der Waals surface area contributed by atoms with Gasteiger partial charge in [-0.25, -0.2) is 5.32 Å². The van der Waals surface area contributed by atoms with Gasteiger partial charge in [-0.2, -0.15) is 0 Å². The molecule has 57 valence electrons. The summed E-state index contributed by atoms with van der Waals surface area (Å²) >= 11 is 0. The van der Waals surface area contributed by atoms with Crippen molar-refractivity contribution < 1.29 is 4.79 Å². The van der Waals surface area contributed by atoms with E-state index in [1.165, 1.54) is 0 Å². The van der Waals surface area contributed by atoms with Gasteiger partial charge in [0.25, 0.3) is 0 Å². The molecule has 3 nitrogen and oxygen atoms in total. The molecule has 1 aliphatic heterocycles. The van der Waals surface area contributed by atoms with Crippen molar-refractivity contribution in [1.29, 1.82) is 0 Å². The summed E-state index contributed by atoms with van der Waals surface area (Å²) in [5.74, 6) is 0.252. The Kier molecular flexibility index (Phi) is 2.83. The summed E-state index contributed by atoms with van der Waals surface area (Å²) in [6, 6.07) is 0. The van der Waals surface area contributed by atoms with Crippen LogP contribution < -0.4 is 5.32 Å². The monoisotopic (exact) mass is 141 g/mol. The highest BCUT2D eigenvalue weighted by atomic mass is 16.1. The summed E-state index contributed by atoms with van der Waals surface area (Å²) in [4.78, 5) is 12.8. The van der Waals surface area contributed by atoms with Crippen LogP contribution in [0.4, 0.5) is 0 Å². The highest BCUT2D eigenvalue weighted by Crippen LogP contribution is 1.91. The lowest BCUT2D eigenvalue weighted by Gasteiger charge is -2.24. The van der Waals surface area contributed by atoms with E-state index in [0.29, 0.717) is 6.54 Å². The third-order valence-electron chi connectivity index (χ3n) is 1.59. The topological polar surface area (TPSA) is 34.4 Å². The lowest BCUT2D eigenvalue weighted by molar-refractivity contribution is -0.118. The Balaban J connectivity index is 2.19. The van der Waals surface area contributed by atoms with Crippen LogP contribution >= 0.6 is 0 Å². The third kappa shape index (κ3) is 2.45. The van der Waals surface area contributed by atoms with Gasteiger partial charge in [-0.05, 0) is 6.92 Å². The number of hydrogen-bond donors (Lipinski definition) is 0. The minimum atomic E-state index is 0.252. The summed E-state index contributed by atoms with van der Waals surface area (Å²) < 4.78 is 0. The fourth-order valence-electron chi connectivity index (χ4n) is 1.12. The van der Waals surface area contributed by atoms with E-state index in [-0.39, 0.29) is 5.78 Å². The molecule has 1 heterocycles. The average Bonchev–Trinajstić information content (AvgIpc) is 1.88. The predicted molar refractivity (Wildman–Crippen MR) is 39.0 cm³/mol. The number of carbonyl (C=O) groups excluding carboxylic acids is 1. The average molecular weight is 141 g/mol. The van der Waals surface area contributed by atoms with Crippen molar-refractivity contribution in [2.75, 3.05) is 32.7 Å². The molecule has 0 unspecified atom stereocenters. The summed E-state index contributed by atoms with van der Waals surface area (Å²) in [5.41, 5.74) is 0. The molecule has 0 aromatic carbocycles. The normalized spacial score (nSPS) is 20.9. The van der Waals surface area contributed by atoms with E-state index < -0.39 is 0 Å². The van der Waals surface area contributed by atoms with Crippen molar-refractivity contribution in [3.63, 3.8) is 0 Å². The Bertz CT molecular complexity index is 119. The number of piperazine rings is 1. The fourth-order valence-corrected chi connectivity index (χ4v) is 1.12. The van der Waals surface area contributed by atoms with Gasteiger partial charge in [0.1, 0.15) is 5.78 Å². The van der Waals surface area contributed by atoms with Crippen LogP contribution in [0, 0.1) is 0 Å². The largest absolute Gasteiger partial charge is 0.299 e. The molecule has 0 aromatic heterocycles. The van der Waals surface area contributed by atoms with Crippen molar-refractivity contribution in [1.82, 2.24) is 10.2 Å². The summed E-state index contributed by atoms with van der Waals surface area (Å²) in [7, 11) is 0. The fraction of sp³-hybridized carbons (Fsp3) is 0.857. The van der Waals surface area contributed by atoms with Gasteiger partial charge in [0.15, 0.2) is 0 Å². The van der Waals surface area contributed by atoms with Crippen LogP contribution in [0.5, 0.6) is 0 Å². The first-order chi connectivity index (χ1) is 4.79. The second kappa shape index (κ2) is 3.68. The van der Waals surface area contributed by atoms with Crippen LogP contribution in [0.15, 0.2) is 0 Å². The highest BCUT2D eigenvalue weighted by molar-refractivity contribution is 5.77. The van der Waals surface area contributed by atoms with E-state index in [9.17, 15) is 4.79 Å². The van der Waals surface area contributed by atoms with Gasteiger partial charge < -0.3 is 0 Å². The molecule has 1 fully saturated rings. The van der Waals surface area contributed by atoms with Crippen LogP contribution in [-0.2, 0) is 4.79 Å². The number of Topliss-reactive ketones (excluding diaryl/α,β-unsaturated/α-hetero) is 1. The van der Waals surface area contributed by atoms with Crippen molar-refractivity contribution in [2.24, 2.45) is 0 Å². The van der Waals surface area contributed by atoms with Crippen LogP contribution in [0.25, 0.3) is 0 Å². The number of hydrogen-bond acceptors (Lipinski definition) is 2. The first kappa shape index (κ1) is 7.69. The van der Waals surface area contributed by atoms with Gasteiger partial charge in [-0.1, -0.05) is 0 Å². The number of carbonyl (C=O) groups is 1. The van der Waals surface area contributed by atoms with Gasteiger partial charge in [0, 0.05) is 26.2 Å². The Labute approximate surface area is 61.4 Å². The number of nitrogens with zero attached hydrogens (tertiary/aromatic N) is 2. The lowest BCUT2D eigenvalue weighted by Crippen LogP contribution is -2.42. The lowest BCUT2D eigenvalue weighted by atomic mass is 10.3. The van der Waals surface area contributed by atoms with Gasteiger partial charge in [0.2, 0.25) is 0 Å². The van der Waals surface area contributed by atoms with Crippen LogP contribution in [0.3, 0.4) is 0 Å².